The first kappa shape index (κ1) is 28.2. The Kier molecular flexibility index (Phi) is 8.04. The lowest BCUT2D eigenvalue weighted by molar-refractivity contribution is -0.137. The molecule has 1 heterocycles. The van der Waals surface area contributed by atoms with Crippen LogP contribution in [-0.4, -0.2) is 25.6 Å². The number of carbonyl (C=O) groups excluding carboxylic acids is 1. The van der Waals surface area contributed by atoms with E-state index < -0.39 is 27.7 Å². The number of rotatable bonds is 7. The number of aromatic nitrogens is 1. The van der Waals surface area contributed by atoms with Crippen LogP contribution in [0.2, 0.25) is 5.02 Å². The molecule has 39 heavy (non-hydrogen) atoms. The standard InChI is InChI=1S/C29H24ClF3N2O3S/c1-3-22(23-14-13-21(30)17-24(23)29(31,32)33)28(26-16-20-6-4-5-7-25(20)34-26)19-11-8-18(9-12-19)10-15-27(36)35-39(2,37)38/h4-17,34H,3H2,1-2H3,(H,35,36)/b15-10+,28-22+. The highest BCUT2D eigenvalue weighted by Crippen LogP contribution is 2.42. The summed E-state index contributed by atoms with van der Waals surface area (Å²) in [6.07, 6.45) is -0.915. The molecule has 0 fully saturated rings. The summed E-state index contributed by atoms with van der Waals surface area (Å²) in [5.74, 6) is -0.795. The van der Waals surface area contributed by atoms with Crippen LogP contribution in [0.4, 0.5) is 13.2 Å². The van der Waals surface area contributed by atoms with Gasteiger partial charge in [-0.15, -0.1) is 0 Å². The van der Waals surface area contributed by atoms with E-state index in [2.05, 4.69) is 4.98 Å². The van der Waals surface area contributed by atoms with E-state index in [4.69, 9.17) is 11.6 Å². The van der Waals surface area contributed by atoms with Gasteiger partial charge in [-0.1, -0.05) is 67.1 Å². The molecular weight excluding hydrogens is 549 g/mol. The zero-order valence-electron chi connectivity index (χ0n) is 20.9. The Bertz CT molecular complexity index is 1670. The summed E-state index contributed by atoms with van der Waals surface area (Å²) in [4.78, 5) is 15.1. The van der Waals surface area contributed by atoms with Crippen molar-refractivity contribution in [2.75, 3.05) is 6.26 Å². The minimum Gasteiger partial charge on any atom is -0.355 e. The lowest BCUT2D eigenvalue weighted by Crippen LogP contribution is -2.27. The number of hydrogen-bond acceptors (Lipinski definition) is 3. The monoisotopic (exact) mass is 572 g/mol. The van der Waals surface area contributed by atoms with Crippen LogP contribution < -0.4 is 4.72 Å². The van der Waals surface area contributed by atoms with Crippen molar-refractivity contribution in [1.82, 2.24) is 9.71 Å². The zero-order chi connectivity index (χ0) is 28.4. The number of para-hydroxylation sites is 1. The van der Waals surface area contributed by atoms with Crippen LogP contribution >= 0.6 is 11.6 Å². The zero-order valence-corrected chi connectivity index (χ0v) is 22.5. The summed E-state index contributed by atoms with van der Waals surface area (Å²) in [7, 11) is -3.69. The van der Waals surface area contributed by atoms with E-state index in [0.717, 1.165) is 29.3 Å². The normalized spacial score (nSPS) is 13.1. The first-order chi connectivity index (χ1) is 18.4. The number of hydrogen-bond donors (Lipinski definition) is 2. The summed E-state index contributed by atoms with van der Waals surface area (Å²) in [6.45, 7) is 1.80. The quantitative estimate of drug-likeness (QED) is 0.180. The molecule has 0 unspecified atom stereocenters. The van der Waals surface area contributed by atoms with Crippen LogP contribution in [0, 0.1) is 0 Å². The van der Waals surface area contributed by atoms with Crippen LogP contribution in [0.3, 0.4) is 0 Å². The Morgan fingerprint density at radius 2 is 1.72 bits per heavy atom. The Labute approximate surface area is 229 Å². The minimum absolute atomic E-state index is 0.00950. The largest absolute Gasteiger partial charge is 0.417 e. The molecule has 2 N–H and O–H groups in total. The fourth-order valence-corrected chi connectivity index (χ4v) is 4.97. The van der Waals surface area contributed by atoms with Gasteiger partial charge in [-0.2, -0.15) is 13.2 Å². The van der Waals surface area contributed by atoms with E-state index in [0.29, 0.717) is 34.4 Å². The SMILES string of the molecule is CC/C(=C(/c1ccc(/C=C/C(=O)NS(C)(=O)=O)cc1)c1cc2ccccc2[nH]1)c1ccc(Cl)cc1C(F)(F)F. The number of sulfonamides is 1. The summed E-state index contributed by atoms with van der Waals surface area (Å²) >= 11 is 5.95. The van der Waals surface area contributed by atoms with E-state index in [1.807, 2.05) is 35.1 Å². The van der Waals surface area contributed by atoms with Crippen molar-refractivity contribution < 1.29 is 26.4 Å². The van der Waals surface area contributed by atoms with Crippen molar-refractivity contribution in [1.29, 1.82) is 0 Å². The average molecular weight is 573 g/mol. The third-order valence-corrected chi connectivity index (χ3v) is 6.79. The van der Waals surface area contributed by atoms with Gasteiger partial charge in [-0.3, -0.25) is 4.79 Å². The van der Waals surface area contributed by atoms with Gasteiger partial charge in [0.1, 0.15) is 0 Å². The molecule has 1 aromatic heterocycles. The molecule has 5 nitrogen and oxygen atoms in total. The maximum absolute atomic E-state index is 14.1. The van der Waals surface area contributed by atoms with Gasteiger partial charge < -0.3 is 4.98 Å². The van der Waals surface area contributed by atoms with E-state index in [1.54, 1.807) is 31.2 Å². The number of amides is 1. The van der Waals surface area contributed by atoms with Gasteiger partial charge >= 0.3 is 6.18 Å². The molecule has 3 aromatic carbocycles. The number of aromatic amines is 1. The van der Waals surface area contributed by atoms with Crippen LogP contribution in [0.25, 0.3) is 28.1 Å². The molecule has 0 aliphatic carbocycles. The van der Waals surface area contributed by atoms with Gasteiger partial charge in [0.15, 0.2) is 0 Å². The molecule has 1 amide bonds. The summed E-state index contributed by atoms with van der Waals surface area (Å²) < 4.78 is 66.6. The molecular formula is C29H24ClF3N2O3S. The van der Waals surface area contributed by atoms with Crippen LogP contribution in [0.1, 0.15) is 41.3 Å². The highest BCUT2D eigenvalue weighted by Gasteiger charge is 2.35. The smallest absolute Gasteiger partial charge is 0.355 e. The lowest BCUT2D eigenvalue weighted by atomic mass is 9.88. The van der Waals surface area contributed by atoms with Crippen molar-refractivity contribution in [2.45, 2.75) is 19.5 Å². The van der Waals surface area contributed by atoms with E-state index >= 15 is 0 Å². The van der Waals surface area contributed by atoms with Gasteiger partial charge in [-0.05, 0) is 59.0 Å². The number of benzene rings is 3. The van der Waals surface area contributed by atoms with Crippen molar-refractivity contribution in [2.24, 2.45) is 0 Å². The van der Waals surface area contributed by atoms with Crippen molar-refractivity contribution >= 4 is 55.7 Å². The molecule has 4 aromatic rings. The number of halogens is 4. The highest BCUT2D eigenvalue weighted by molar-refractivity contribution is 7.89. The van der Waals surface area contributed by atoms with Gasteiger partial charge in [0.2, 0.25) is 10.0 Å². The lowest BCUT2D eigenvalue weighted by Gasteiger charge is -2.19. The van der Waals surface area contributed by atoms with Gasteiger partial charge in [0.05, 0.1) is 11.8 Å². The number of fused-ring (bicyclic) bond motifs is 1. The first-order valence-electron chi connectivity index (χ1n) is 11.8. The Balaban J connectivity index is 1.88. The molecule has 0 aliphatic rings. The predicted molar refractivity (Wildman–Crippen MR) is 149 cm³/mol. The molecule has 0 saturated carbocycles. The van der Waals surface area contributed by atoms with E-state index in [1.165, 1.54) is 18.2 Å². The maximum atomic E-state index is 14.1. The second-order valence-electron chi connectivity index (χ2n) is 8.86. The summed E-state index contributed by atoms with van der Waals surface area (Å²) in [5.41, 5.74) is 3.00. The third kappa shape index (κ3) is 6.79. The minimum atomic E-state index is -4.62. The Morgan fingerprint density at radius 3 is 2.33 bits per heavy atom. The number of carbonyl (C=O) groups is 1. The van der Waals surface area contributed by atoms with Crippen molar-refractivity contribution in [3.63, 3.8) is 0 Å². The first-order valence-corrected chi connectivity index (χ1v) is 14.1. The molecule has 0 bridgehead atoms. The molecule has 0 saturated heterocycles. The fourth-order valence-electron chi connectivity index (χ4n) is 4.37. The molecule has 0 aliphatic heterocycles. The topological polar surface area (TPSA) is 79.0 Å². The van der Waals surface area contributed by atoms with Gasteiger partial charge in [0.25, 0.3) is 5.91 Å². The van der Waals surface area contributed by atoms with Gasteiger partial charge in [-0.25, -0.2) is 13.1 Å². The molecule has 202 valence electrons. The number of H-pyrrole nitrogens is 1. The third-order valence-electron chi connectivity index (χ3n) is 5.98. The van der Waals surface area contributed by atoms with E-state index in [9.17, 15) is 26.4 Å². The van der Waals surface area contributed by atoms with Crippen LogP contribution in [0.15, 0.2) is 78.9 Å². The number of nitrogens with one attached hydrogen (secondary N) is 2. The van der Waals surface area contributed by atoms with Crippen LogP contribution in [-0.2, 0) is 21.0 Å². The molecule has 10 heteroatoms. The van der Waals surface area contributed by atoms with Crippen molar-refractivity contribution in [3.05, 3.63) is 112 Å². The van der Waals surface area contributed by atoms with E-state index in [-0.39, 0.29) is 10.6 Å². The van der Waals surface area contributed by atoms with Gasteiger partial charge in [0, 0.05) is 33.3 Å². The second kappa shape index (κ2) is 11.1. The Morgan fingerprint density at radius 1 is 1.03 bits per heavy atom. The Hall–Kier alpha value is -3.82. The van der Waals surface area contributed by atoms with Crippen molar-refractivity contribution in [3.8, 4) is 0 Å². The average Bonchev–Trinajstić information content (AvgIpc) is 3.29. The molecule has 0 spiro atoms. The summed E-state index contributed by atoms with van der Waals surface area (Å²) in [6, 6.07) is 20.1. The number of alkyl halides is 3. The maximum Gasteiger partial charge on any atom is 0.417 e. The molecule has 0 radical (unpaired) electrons. The van der Waals surface area contributed by atoms with Crippen LogP contribution in [0.5, 0.6) is 0 Å². The fraction of sp³-hybridized carbons (Fsp3) is 0.138. The second-order valence-corrected chi connectivity index (χ2v) is 11.0. The predicted octanol–water partition coefficient (Wildman–Crippen LogP) is 7.30. The molecule has 4 rings (SSSR count). The summed E-state index contributed by atoms with van der Waals surface area (Å²) in [5, 5.41) is 0.897. The molecule has 0 atom stereocenters. The highest BCUT2D eigenvalue weighted by atomic mass is 35.5. The number of allylic oxidation sites excluding steroid dienone is 1.